The average molecular weight is 549 g/mol. The van der Waals surface area contributed by atoms with Crippen LogP contribution in [0, 0.1) is 5.92 Å². The number of esters is 1. The molecule has 0 aliphatic heterocycles. The molecule has 0 radical (unpaired) electrons. The molecule has 40 heavy (non-hydrogen) atoms. The normalized spacial score (nSPS) is 11.5. The number of alkyl carbamates (subject to hydrolysis) is 1. The summed E-state index contributed by atoms with van der Waals surface area (Å²) in [6.45, 7) is 14.9. The fraction of sp³-hybridized carbons (Fsp3) is 0.485. The van der Waals surface area contributed by atoms with Gasteiger partial charge in [-0.1, -0.05) is 45.0 Å². The van der Waals surface area contributed by atoms with E-state index in [0.717, 1.165) is 46.1 Å². The highest BCUT2D eigenvalue weighted by atomic mass is 16.6. The third-order valence-electron chi connectivity index (χ3n) is 6.30. The molecule has 1 aromatic heterocycles. The zero-order valence-electron chi connectivity index (χ0n) is 25.1. The number of carbonyl (C=O) groups is 2. The molecular weight excluding hydrogens is 504 g/mol. The Morgan fingerprint density at radius 2 is 1.75 bits per heavy atom. The van der Waals surface area contributed by atoms with E-state index >= 15 is 0 Å². The number of amides is 1. The second-order valence-corrected chi connectivity index (χ2v) is 11.4. The van der Waals surface area contributed by atoms with Gasteiger partial charge in [0.25, 0.3) is 0 Å². The lowest BCUT2D eigenvalue weighted by Gasteiger charge is -2.22. The largest absolute Gasteiger partial charge is 0.494 e. The van der Waals surface area contributed by atoms with E-state index in [1.807, 2.05) is 39.0 Å². The highest BCUT2D eigenvalue weighted by Gasteiger charge is 2.21. The zero-order chi connectivity index (χ0) is 29.3. The number of rotatable bonds is 12. The standard InChI is InChI=1S/C33H44N2O5/c1-8-23-12-14-24(15-13-23)31-26-20-25(39-18-10-11-30(36)38-9-2)16-17-28(26)35-29(19-22(3)4)27(31)21-34-32(37)40-33(5,6)7/h12-17,20,22H,8-11,18-19,21H2,1-7H3,(H,34,37). The van der Waals surface area contributed by atoms with E-state index in [0.29, 0.717) is 37.7 Å². The van der Waals surface area contributed by atoms with Gasteiger partial charge in [-0.05, 0) is 87.8 Å². The molecule has 216 valence electrons. The number of hydrogen-bond donors (Lipinski definition) is 1. The van der Waals surface area contributed by atoms with Gasteiger partial charge in [0.05, 0.1) is 18.7 Å². The van der Waals surface area contributed by atoms with Crippen molar-refractivity contribution in [1.29, 1.82) is 0 Å². The van der Waals surface area contributed by atoms with Crippen molar-refractivity contribution < 1.29 is 23.8 Å². The van der Waals surface area contributed by atoms with E-state index < -0.39 is 11.7 Å². The maximum Gasteiger partial charge on any atom is 0.407 e. The molecule has 0 bridgehead atoms. The molecule has 0 unspecified atom stereocenters. The Kier molecular flexibility index (Phi) is 10.9. The summed E-state index contributed by atoms with van der Waals surface area (Å²) in [5, 5.41) is 3.91. The van der Waals surface area contributed by atoms with Gasteiger partial charge in [-0.25, -0.2) is 4.79 Å². The number of hydrogen-bond acceptors (Lipinski definition) is 6. The fourth-order valence-corrected chi connectivity index (χ4v) is 4.52. The Morgan fingerprint density at radius 1 is 1.02 bits per heavy atom. The first-order valence-electron chi connectivity index (χ1n) is 14.3. The number of pyridine rings is 1. The smallest absolute Gasteiger partial charge is 0.407 e. The number of benzene rings is 2. The first-order valence-corrected chi connectivity index (χ1v) is 14.3. The summed E-state index contributed by atoms with van der Waals surface area (Å²) in [6.07, 6.45) is 2.14. The molecule has 0 aliphatic carbocycles. The van der Waals surface area contributed by atoms with Gasteiger partial charge in [-0.2, -0.15) is 0 Å². The van der Waals surface area contributed by atoms with Crippen LogP contribution in [0.2, 0.25) is 0 Å². The molecule has 1 amide bonds. The zero-order valence-corrected chi connectivity index (χ0v) is 25.1. The van der Waals surface area contributed by atoms with Crippen molar-refractivity contribution in [1.82, 2.24) is 10.3 Å². The van der Waals surface area contributed by atoms with Crippen LogP contribution in [0.25, 0.3) is 22.0 Å². The monoisotopic (exact) mass is 548 g/mol. The molecule has 0 saturated heterocycles. The van der Waals surface area contributed by atoms with E-state index in [2.05, 4.69) is 50.4 Å². The first kappa shape index (κ1) is 30.9. The predicted molar refractivity (Wildman–Crippen MR) is 160 cm³/mol. The number of ether oxygens (including phenoxy) is 3. The van der Waals surface area contributed by atoms with Gasteiger partial charge >= 0.3 is 12.1 Å². The third kappa shape index (κ3) is 8.97. The van der Waals surface area contributed by atoms with Gasteiger partial charge in [-0.15, -0.1) is 0 Å². The van der Waals surface area contributed by atoms with Crippen molar-refractivity contribution in [3.63, 3.8) is 0 Å². The van der Waals surface area contributed by atoms with Crippen LogP contribution in [-0.4, -0.2) is 35.9 Å². The van der Waals surface area contributed by atoms with Crippen LogP contribution >= 0.6 is 0 Å². The highest BCUT2D eigenvalue weighted by molar-refractivity contribution is 5.97. The van der Waals surface area contributed by atoms with Crippen molar-refractivity contribution in [2.24, 2.45) is 5.92 Å². The molecule has 0 spiro atoms. The van der Waals surface area contributed by atoms with Crippen molar-refractivity contribution >= 4 is 23.0 Å². The topological polar surface area (TPSA) is 86.8 Å². The minimum atomic E-state index is -0.592. The van der Waals surface area contributed by atoms with E-state index in [1.54, 1.807) is 6.92 Å². The summed E-state index contributed by atoms with van der Waals surface area (Å²) in [6, 6.07) is 14.5. The van der Waals surface area contributed by atoms with Crippen LogP contribution in [0.1, 0.15) is 78.1 Å². The molecule has 7 nitrogen and oxygen atoms in total. The van der Waals surface area contributed by atoms with E-state index in [-0.39, 0.29) is 12.5 Å². The number of aryl methyl sites for hydroxylation is 1. The van der Waals surface area contributed by atoms with Crippen LogP contribution in [0.4, 0.5) is 4.79 Å². The Morgan fingerprint density at radius 3 is 2.38 bits per heavy atom. The van der Waals surface area contributed by atoms with Gasteiger partial charge in [0, 0.05) is 29.6 Å². The number of fused-ring (bicyclic) bond motifs is 1. The molecule has 0 fully saturated rings. The highest BCUT2D eigenvalue weighted by Crippen LogP contribution is 2.36. The van der Waals surface area contributed by atoms with E-state index in [1.165, 1.54) is 5.56 Å². The molecule has 3 rings (SSSR count). The van der Waals surface area contributed by atoms with E-state index in [4.69, 9.17) is 19.2 Å². The number of carbonyl (C=O) groups excluding carboxylic acids is 2. The third-order valence-corrected chi connectivity index (χ3v) is 6.30. The second kappa shape index (κ2) is 14.1. The number of aromatic nitrogens is 1. The van der Waals surface area contributed by atoms with Gasteiger partial charge in [0.1, 0.15) is 11.4 Å². The SMILES string of the molecule is CCOC(=O)CCCOc1ccc2nc(CC(C)C)c(CNC(=O)OC(C)(C)C)c(-c3ccc(CC)cc3)c2c1. The predicted octanol–water partition coefficient (Wildman–Crippen LogP) is 7.41. The van der Waals surface area contributed by atoms with Crippen LogP contribution in [0.15, 0.2) is 42.5 Å². The summed E-state index contributed by atoms with van der Waals surface area (Å²) < 4.78 is 16.6. The molecule has 1 heterocycles. The lowest BCUT2D eigenvalue weighted by atomic mass is 9.91. The van der Waals surface area contributed by atoms with Gasteiger partial charge < -0.3 is 19.5 Å². The lowest BCUT2D eigenvalue weighted by Crippen LogP contribution is -2.32. The van der Waals surface area contributed by atoms with E-state index in [9.17, 15) is 9.59 Å². The maximum atomic E-state index is 12.6. The molecule has 1 N–H and O–H groups in total. The Labute approximate surface area is 238 Å². The summed E-state index contributed by atoms with van der Waals surface area (Å²) in [5.74, 6) is 0.862. The Bertz CT molecular complexity index is 1290. The van der Waals surface area contributed by atoms with Gasteiger partial charge in [0.15, 0.2) is 0 Å². The molecule has 7 heteroatoms. The molecule has 3 aromatic rings. The van der Waals surface area contributed by atoms with Gasteiger partial charge in [0.2, 0.25) is 0 Å². The first-order chi connectivity index (χ1) is 19.0. The average Bonchev–Trinajstić information content (AvgIpc) is 2.88. The minimum absolute atomic E-state index is 0.216. The molecule has 0 saturated carbocycles. The number of nitrogens with one attached hydrogen (secondary N) is 1. The molecular formula is C33H44N2O5. The van der Waals surface area contributed by atoms with Crippen LogP contribution in [0.3, 0.4) is 0 Å². The second-order valence-electron chi connectivity index (χ2n) is 11.4. The summed E-state index contributed by atoms with van der Waals surface area (Å²) in [5.41, 5.74) is 5.53. The molecule has 0 aliphatic rings. The molecule has 0 atom stereocenters. The van der Waals surface area contributed by atoms with Gasteiger partial charge in [-0.3, -0.25) is 9.78 Å². The molecule has 2 aromatic carbocycles. The number of nitrogens with zero attached hydrogens (tertiary/aromatic N) is 1. The maximum absolute atomic E-state index is 12.6. The van der Waals surface area contributed by atoms with Crippen LogP contribution in [-0.2, 0) is 33.7 Å². The summed E-state index contributed by atoms with van der Waals surface area (Å²) in [4.78, 5) is 29.4. The Balaban J connectivity index is 2.06. The van der Waals surface area contributed by atoms with Crippen molar-refractivity contribution in [2.75, 3.05) is 13.2 Å². The lowest BCUT2D eigenvalue weighted by molar-refractivity contribution is -0.143. The van der Waals surface area contributed by atoms with Crippen molar-refractivity contribution in [3.05, 3.63) is 59.3 Å². The van der Waals surface area contributed by atoms with Crippen molar-refractivity contribution in [3.8, 4) is 16.9 Å². The van der Waals surface area contributed by atoms with Crippen LogP contribution in [0.5, 0.6) is 5.75 Å². The quantitative estimate of drug-likeness (QED) is 0.187. The van der Waals surface area contributed by atoms with Crippen LogP contribution < -0.4 is 10.1 Å². The summed E-state index contributed by atoms with van der Waals surface area (Å²) in [7, 11) is 0. The summed E-state index contributed by atoms with van der Waals surface area (Å²) >= 11 is 0. The minimum Gasteiger partial charge on any atom is -0.494 e. The fourth-order valence-electron chi connectivity index (χ4n) is 4.52. The Hall–Kier alpha value is -3.61. The van der Waals surface area contributed by atoms with Crippen molar-refractivity contribution in [2.45, 2.75) is 86.3 Å².